The van der Waals surface area contributed by atoms with Gasteiger partial charge in [0, 0.05) is 44.2 Å². The van der Waals surface area contributed by atoms with E-state index in [0.717, 1.165) is 94.8 Å². The molecule has 0 bridgehead atoms. The minimum atomic E-state index is -0.572. The highest BCUT2D eigenvalue weighted by Gasteiger charge is 2.51. The lowest BCUT2D eigenvalue weighted by Crippen LogP contribution is -2.32. The summed E-state index contributed by atoms with van der Waals surface area (Å²) in [5.41, 5.74) is 16.5. The van der Waals surface area contributed by atoms with Gasteiger partial charge in [-0.1, -0.05) is 176 Å². The third-order valence-corrected chi connectivity index (χ3v) is 13.1. The van der Waals surface area contributed by atoms with Crippen LogP contribution in [0, 0.1) is 0 Å². The molecule has 0 saturated carbocycles. The molecular weight excluding hydrogens is 779 g/mol. The van der Waals surface area contributed by atoms with Gasteiger partial charge in [-0.25, -0.2) is 15.0 Å². The van der Waals surface area contributed by atoms with Gasteiger partial charge < -0.3 is 4.74 Å². The molecule has 4 nitrogen and oxygen atoms in total. The van der Waals surface area contributed by atoms with Crippen LogP contribution in [0.2, 0.25) is 0 Å². The second-order valence-corrected chi connectivity index (χ2v) is 16.7. The van der Waals surface area contributed by atoms with Crippen molar-refractivity contribution < 1.29 is 4.74 Å². The number of pyridine rings is 1. The molecule has 13 rings (SSSR count). The number of fused-ring (bicyclic) bond motifs is 12. The summed E-state index contributed by atoms with van der Waals surface area (Å²) in [6.45, 7) is 0. The van der Waals surface area contributed by atoms with Crippen molar-refractivity contribution in [1.82, 2.24) is 15.0 Å². The Labute approximate surface area is 370 Å². The topological polar surface area (TPSA) is 47.9 Å². The molecule has 2 aliphatic rings. The first-order valence-electron chi connectivity index (χ1n) is 21.8. The van der Waals surface area contributed by atoms with E-state index in [1.807, 2.05) is 24.3 Å². The van der Waals surface area contributed by atoms with Gasteiger partial charge in [-0.05, 0) is 87.3 Å². The van der Waals surface area contributed by atoms with E-state index in [2.05, 4.69) is 200 Å². The molecular formula is C60H37N3O. The van der Waals surface area contributed by atoms with Crippen LogP contribution in [0.4, 0.5) is 0 Å². The van der Waals surface area contributed by atoms with E-state index < -0.39 is 5.41 Å². The zero-order chi connectivity index (χ0) is 42.2. The van der Waals surface area contributed by atoms with Crippen LogP contribution in [0.3, 0.4) is 0 Å². The lowest BCUT2D eigenvalue weighted by atomic mass is 9.66. The molecule has 11 aromatic rings. The third-order valence-electron chi connectivity index (χ3n) is 13.1. The molecule has 0 amide bonds. The van der Waals surface area contributed by atoms with E-state index in [0.29, 0.717) is 5.82 Å². The highest BCUT2D eigenvalue weighted by atomic mass is 16.5. The lowest BCUT2D eigenvalue weighted by molar-refractivity contribution is 0.436. The zero-order valence-corrected chi connectivity index (χ0v) is 34.6. The van der Waals surface area contributed by atoms with E-state index in [1.165, 1.54) is 22.3 Å². The molecule has 0 fully saturated rings. The van der Waals surface area contributed by atoms with Crippen molar-refractivity contribution in [3.8, 4) is 78.9 Å². The SMILES string of the molecule is c1ccc(-c2cccc(-c3cc(-c4cccc(-c5nc6ccccc6c6cc7c(cc56)-c5ccccc5C75c6ccccc6Oc6ccccc65)c4)nc(-c4ccccc4)n3)c2)cc1. The monoisotopic (exact) mass is 815 g/mol. The van der Waals surface area contributed by atoms with Crippen molar-refractivity contribution in [2.24, 2.45) is 0 Å². The molecule has 64 heavy (non-hydrogen) atoms. The average Bonchev–Trinajstić information content (AvgIpc) is 3.65. The van der Waals surface area contributed by atoms with E-state index in [-0.39, 0.29) is 0 Å². The van der Waals surface area contributed by atoms with E-state index >= 15 is 0 Å². The normalized spacial score (nSPS) is 12.9. The Hall–Kier alpha value is -8.47. The number of hydrogen-bond acceptors (Lipinski definition) is 4. The Kier molecular flexibility index (Phi) is 8.09. The molecule has 1 aliphatic heterocycles. The fraction of sp³-hybridized carbons (Fsp3) is 0.0167. The van der Waals surface area contributed by atoms with Crippen LogP contribution in [0.15, 0.2) is 224 Å². The van der Waals surface area contributed by atoms with Crippen molar-refractivity contribution >= 4 is 21.7 Å². The molecule has 0 saturated heterocycles. The van der Waals surface area contributed by atoms with Gasteiger partial charge in [0.15, 0.2) is 5.82 Å². The number of hydrogen-bond donors (Lipinski definition) is 0. The summed E-state index contributed by atoms with van der Waals surface area (Å²) in [6.07, 6.45) is 0. The Balaban J connectivity index is 1.03. The molecule has 0 radical (unpaired) electrons. The Morgan fingerprint density at radius 3 is 1.58 bits per heavy atom. The number of para-hydroxylation sites is 3. The van der Waals surface area contributed by atoms with Crippen LogP contribution in [0.25, 0.3) is 89.1 Å². The summed E-state index contributed by atoms with van der Waals surface area (Å²) < 4.78 is 6.65. The van der Waals surface area contributed by atoms with Gasteiger partial charge in [0.1, 0.15) is 11.5 Å². The number of nitrogens with zero attached hydrogens (tertiary/aromatic N) is 3. The second kappa shape index (κ2) is 14.3. The van der Waals surface area contributed by atoms with E-state index in [9.17, 15) is 0 Å². The van der Waals surface area contributed by atoms with Crippen LogP contribution >= 0.6 is 0 Å². The van der Waals surface area contributed by atoms with Crippen LogP contribution in [-0.4, -0.2) is 15.0 Å². The molecule has 1 spiro atoms. The highest BCUT2D eigenvalue weighted by molar-refractivity contribution is 6.13. The van der Waals surface area contributed by atoms with Crippen molar-refractivity contribution in [3.05, 3.63) is 247 Å². The van der Waals surface area contributed by atoms with Crippen LogP contribution < -0.4 is 4.74 Å². The third kappa shape index (κ3) is 5.52. The zero-order valence-electron chi connectivity index (χ0n) is 34.6. The maximum absolute atomic E-state index is 6.65. The minimum Gasteiger partial charge on any atom is -0.457 e. The summed E-state index contributed by atoms with van der Waals surface area (Å²) in [5.74, 6) is 2.44. The fourth-order valence-corrected chi connectivity index (χ4v) is 10.3. The first-order chi connectivity index (χ1) is 31.7. The lowest BCUT2D eigenvalue weighted by Gasteiger charge is -2.39. The summed E-state index contributed by atoms with van der Waals surface area (Å²) in [4.78, 5) is 15.9. The van der Waals surface area contributed by atoms with Crippen molar-refractivity contribution in [1.29, 1.82) is 0 Å². The predicted octanol–water partition coefficient (Wildman–Crippen LogP) is 15.0. The largest absolute Gasteiger partial charge is 0.457 e. The molecule has 9 aromatic carbocycles. The van der Waals surface area contributed by atoms with Gasteiger partial charge in [0.25, 0.3) is 0 Å². The summed E-state index contributed by atoms with van der Waals surface area (Å²) in [5, 5.41) is 3.37. The maximum atomic E-state index is 6.65. The van der Waals surface area contributed by atoms with Gasteiger partial charge >= 0.3 is 0 Å². The first kappa shape index (κ1) is 36.2. The second-order valence-electron chi connectivity index (χ2n) is 16.7. The molecule has 0 N–H and O–H groups in total. The molecule has 1 aliphatic carbocycles. The standard InChI is InChI=1S/C60H37N3O/c1-3-17-38(18-4-1)40-21-15-22-41(33-40)54-37-55(63-59(62-54)39-19-5-2-6-20-39)42-23-16-24-43(34-42)58-48-35-47-44-25-7-9-27-49(44)60(52(47)36-46(48)45-26-8-12-30-53(45)61-58)50-28-10-13-31-56(50)64-57-32-14-11-29-51(57)60/h1-37H. The molecule has 0 atom stereocenters. The number of aromatic nitrogens is 3. The highest BCUT2D eigenvalue weighted by Crippen LogP contribution is 2.62. The molecule has 298 valence electrons. The summed E-state index contributed by atoms with van der Waals surface area (Å²) in [7, 11) is 0. The Morgan fingerprint density at radius 2 is 0.859 bits per heavy atom. The molecule has 0 unspecified atom stereocenters. The molecule has 2 aromatic heterocycles. The van der Waals surface area contributed by atoms with Gasteiger partial charge in [-0.3, -0.25) is 0 Å². The Morgan fingerprint density at radius 1 is 0.312 bits per heavy atom. The molecule has 4 heteroatoms. The number of rotatable bonds is 5. The van der Waals surface area contributed by atoms with Gasteiger partial charge in [0.05, 0.1) is 28.0 Å². The fourth-order valence-electron chi connectivity index (χ4n) is 10.3. The van der Waals surface area contributed by atoms with Gasteiger partial charge in [0.2, 0.25) is 0 Å². The number of ether oxygens (including phenoxy) is 1. The smallest absolute Gasteiger partial charge is 0.160 e. The van der Waals surface area contributed by atoms with Gasteiger partial charge in [-0.15, -0.1) is 0 Å². The number of benzene rings is 9. The van der Waals surface area contributed by atoms with Crippen LogP contribution in [-0.2, 0) is 5.41 Å². The average molecular weight is 816 g/mol. The summed E-state index contributed by atoms with van der Waals surface area (Å²) >= 11 is 0. The van der Waals surface area contributed by atoms with Crippen LogP contribution in [0.1, 0.15) is 22.3 Å². The van der Waals surface area contributed by atoms with E-state index in [1.54, 1.807) is 0 Å². The predicted molar refractivity (Wildman–Crippen MR) is 259 cm³/mol. The first-order valence-corrected chi connectivity index (χ1v) is 21.8. The maximum Gasteiger partial charge on any atom is 0.160 e. The van der Waals surface area contributed by atoms with E-state index in [4.69, 9.17) is 19.7 Å². The van der Waals surface area contributed by atoms with Crippen molar-refractivity contribution in [2.75, 3.05) is 0 Å². The quantitative estimate of drug-likeness (QED) is 0.162. The molecule has 3 heterocycles. The minimum absolute atomic E-state index is 0.572. The van der Waals surface area contributed by atoms with Crippen LogP contribution in [0.5, 0.6) is 11.5 Å². The van der Waals surface area contributed by atoms with Gasteiger partial charge in [-0.2, -0.15) is 0 Å². The summed E-state index contributed by atoms with van der Waals surface area (Å²) in [6, 6.07) is 79.5. The van der Waals surface area contributed by atoms with Crippen molar-refractivity contribution in [2.45, 2.75) is 5.41 Å². The Bertz CT molecular complexity index is 3610. The van der Waals surface area contributed by atoms with Crippen molar-refractivity contribution in [3.63, 3.8) is 0 Å².